The fourth-order valence-electron chi connectivity index (χ4n) is 3.01. The van der Waals surface area contributed by atoms with E-state index < -0.39 is 0 Å². The summed E-state index contributed by atoms with van der Waals surface area (Å²) in [5, 5.41) is 3.38. The minimum absolute atomic E-state index is 0.0974. The normalized spacial score (nSPS) is 17.2. The molecule has 0 saturated carbocycles. The van der Waals surface area contributed by atoms with Crippen LogP contribution in [-0.2, 0) is 13.0 Å². The van der Waals surface area contributed by atoms with E-state index in [9.17, 15) is 4.39 Å². The molecule has 1 aromatic heterocycles. The Morgan fingerprint density at radius 3 is 3.00 bits per heavy atom. The van der Waals surface area contributed by atoms with E-state index in [4.69, 9.17) is 0 Å². The number of pyridine rings is 1. The molecule has 1 atom stereocenters. The van der Waals surface area contributed by atoms with Gasteiger partial charge in [-0.15, -0.1) is 0 Å². The van der Waals surface area contributed by atoms with Gasteiger partial charge in [-0.05, 0) is 41.7 Å². The highest BCUT2D eigenvalue weighted by molar-refractivity contribution is 5.40. The molecule has 2 aromatic rings. The predicted molar refractivity (Wildman–Crippen MR) is 82.8 cm³/mol. The molecule has 1 heterocycles. The van der Waals surface area contributed by atoms with Crippen LogP contribution < -0.4 is 5.32 Å². The number of halogens is 1. The molecule has 0 spiro atoms. The van der Waals surface area contributed by atoms with Crippen LogP contribution in [0.25, 0.3) is 0 Å². The largest absolute Gasteiger partial charge is 0.310 e. The van der Waals surface area contributed by atoms with E-state index in [1.54, 1.807) is 12.3 Å². The van der Waals surface area contributed by atoms with Gasteiger partial charge in [0.05, 0.1) is 5.69 Å². The molecular weight excluding hydrogens is 263 g/mol. The van der Waals surface area contributed by atoms with Crippen molar-refractivity contribution in [2.75, 3.05) is 0 Å². The van der Waals surface area contributed by atoms with Crippen molar-refractivity contribution in [2.45, 2.75) is 45.2 Å². The minimum atomic E-state index is -0.119. The van der Waals surface area contributed by atoms with Gasteiger partial charge in [-0.25, -0.2) is 4.39 Å². The van der Waals surface area contributed by atoms with Crippen LogP contribution in [0.5, 0.6) is 0 Å². The summed E-state index contributed by atoms with van der Waals surface area (Å²) in [6.07, 6.45) is 3.74. The van der Waals surface area contributed by atoms with Crippen molar-refractivity contribution >= 4 is 0 Å². The number of aryl methyl sites for hydroxylation is 1. The molecule has 0 aliphatic heterocycles. The number of rotatable bonds is 4. The first kappa shape index (κ1) is 14.2. The summed E-state index contributed by atoms with van der Waals surface area (Å²) < 4.78 is 14.3. The van der Waals surface area contributed by atoms with Gasteiger partial charge in [0.25, 0.3) is 0 Å². The van der Waals surface area contributed by atoms with Crippen molar-refractivity contribution in [3.8, 4) is 0 Å². The van der Waals surface area contributed by atoms with Crippen LogP contribution in [-0.4, -0.2) is 11.0 Å². The minimum Gasteiger partial charge on any atom is -0.310 e. The smallest absolute Gasteiger partial charge is 0.127 e. The number of fused-ring (bicyclic) bond motifs is 1. The molecule has 3 rings (SSSR count). The molecule has 3 heteroatoms. The molecule has 0 radical (unpaired) electrons. The van der Waals surface area contributed by atoms with Crippen molar-refractivity contribution in [1.82, 2.24) is 10.3 Å². The van der Waals surface area contributed by atoms with Crippen molar-refractivity contribution < 1.29 is 4.39 Å². The number of nitrogens with one attached hydrogen (secondary N) is 1. The van der Waals surface area contributed by atoms with Crippen molar-refractivity contribution in [3.05, 3.63) is 64.7 Å². The third kappa shape index (κ3) is 2.98. The number of hydrogen-bond donors (Lipinski definition) is 1. The molecule has 0 saturated heterocycles. The maximum absolute atomic E-state index is 14.3. The van der Waals surface area contributed by atoms with Gasteiger partial charge in [0.15, 0.2) is 0 Å². The molecule has 1 aromatic carbocycles. The Morgan fingerprint density at radius 1 is 1.33 bits per heavy atom. The van der Waals surface area contributed by atoms with Gasteiger partial charge in [0.2, 0.25) is 0 Å². The van der Waals surface area contributed by atoms with Gasteiger partial charge < -0.3 is 5.32 Å². The van der Waals surface area contributed by atoms with Gasteiger partial charge in [-0.2, -0.15) is 0 Å². The Balaban J connectivity index is 1.90. The summed E-state index contributed by atoms with van der Waals surface area (Å²) >= 11 is 0. The monoisotopic (exact) mass is 284 g/mol. The zero-order valence-electron chi connectivity index (χ0n) is 12.6. The van der Waals surface area contributed by atoms with Gasteiger partial charge in [-0.1, -0.05) is 32.0 Å². The second-order valence-corrected chi connectivity index (χ2v) is 6.03. The van der Waals surface area contributed by atoms with Crippen LogP contribution in [0.2, 0.25) is 0 Å². The Hall–Kier alpha value is -1.74. The van der Waals surface area contributed by atoms with Gasteiger partial charge in [-0.3, -0.25) is 4.98 Å². The lowest BCUT2D eigenvalue weighted by molar-refractivity contribution is 0.576. The van der Waals surface area contributed by atoms with Crippen LogP contribution in [0, 0.1) is 5.82 Å². The predicted octanol–water partition coefficient (Wildman–Crippen LogP) is 3.80. The van der Waals surface area contributed by atoms with E-state index >= 15 is 0 Å². The third-order valence-corrected chi connectivity index (χ3v) is 4.11. The van der Waals surface area contributed by atoms with E-state index in [1.165, 1.54) is 5.56 Å². The van der Waals surface area contributed by atoms with Crippen LogP contribution >= 0.6 is 0 Å². The molecule has 2 nitrogen and oxygen atoms in total. The van der Waals surface area contributed by atoms with E-state index in [2.05, 4.69) is 30.2 Å². The Morgan fingerprint density at radius 2 is 2.19 bits per heavy atom. The molecule has 1 unspecified atom stereocenters. The number of benzene rings is 1. The lowest BCUT2D eigenvalue weighted by Gasteiger charge is -2.15. The maximum atomic E-state index is 14.3. The fraction of sp³-hybridized carbons (Fsp3) is 0.389. The van der Waals surface area contributed by atoms with E-state index in [-0.39, 0.29) is 11.7 Å². The van der Waals surface area contributed by atoms with E-state index in [0.29, 0.717) is 6.04 Å². The van der Waals surface area contributed by atoms with Crippen molar-refractivity contribution in [3.63, 3.8) is 0 Å². The molecule has 1 aliphatic rings. The number of aromatic nitrogens is 1. The molecular formula is C18H21FN2. The first-order valence-electron chi connectivity index (χ1n) is 7.60. The maximum Gasteiger partial charge on any atom is 0.127 e. The second-order valence-electron chi connectivity index (χ2n) is 6.03. The summed E-state index contributed by atoms with van der Waals surface area (Å²) in [5.41, 5.74) is 4.22. The molecule has 110 valence electrons. The van der Waals surface area contributed by atoms with Crippen molar-refractivity contribution in [2.24, 2.45) is 0 Å². The summed E-state index contributed by atoms with van der Waals surface area (Å²) in [7, 11) is 0. The summed E-state index contributed by atoms with van der Waals surface area (Å²) in [4.78, 5) is 4.48. The summed E-state index contributed by atoms with van der Waals surface area (Å²) in [5.74, 6) is -0.0213. The topological polar surface area (TPSA) is 24.9 Å². The third-order valence-electron chi connectivity index (χ3n) is 4.11. The zero-order chi connectivity index (χ0) is 14.8. The molecule has 0 fully saturated rings. The Kier molecular flexibility index (Phi) is 4.02. The van der Waals surface area contributed by atoms with Crippen LogP contribution in [0.4, 0.5) is 4.39 Å². The van der Waals surface area contributed by atoms with Crippen LogP contribution in [0.1, 0.15) is 48.6 Å². The summed E-state index contributed by atoms with van der Waals surface area (Å²) in [6, 6.07) is 9.94. The fourth-order valence-corrected chi connectivity index (χ4v) is 3.01. The first-order chi connectivity index (χ1) is 10.1. The highest BCUT2D eigenvalue weighted by atomic mass is 19.1. The number of nitrogens with zero attached hydrogens (tertiary/aromatic N) is 1. The molecule has 21 heavy (non-hydrogen) atoms. The highest BCUT2D eigenvalue weighted by Gasteiger charge is 2.27. The molecule has 1 aliphatic carbocycles. The van der Waals surface area contributed by atoms with E-state index in [1.807, 2.05) is 18.2 Å². The number of hydrogen-bond acceptors (Lipinski definition) is 2. The average molecular weight is 284 g/mol. The van der Waals surface area contributed by atoms with Crippen molar-refractivity contribution in [1.29, 1.82) is 0 Å². The van der Waals surface area contributed by atoms with Gasteiger partial charge >= 0.3 is 0 Å². The molecule has 0 amide bonds. The standard InChI is InChI=1S/C18H21FN2/c1-12(2)21-11-13-5-8-17(19)16(10-13)15-7-6-14-4-3-9-20-18(14)15/h3-5,8-10,12,15,21H,6-7,11H2,1-2H3. The highest BCUT2D eigenvalue weighted by Crippen LogP contribution is 2.37. The summed E-state index contributed by atoms with van der Waals surface area (Å²) in [6.45, 7) is 5.00. The Bertz CT molecular complexity index is 637. The average Bonchev–Trinajstić information content (AvgIpc) is 2.90. The Labute approximate surface area is 125 Å². The van der Waals surface area contributed by atoms with Gasteiger partial charge in [0.1, 0.15) is 5.82 Å². The van der Waals surface area contributed by atoms with E-state index in [0.717, 1.165) is 36.2 Å². The quantitative estimate of drug-likeness (QED) is 0.924. The molecule has 1 N–H and O–H groups in total. The van der Waals surface area contributed by atoms with Gasteiger partial charge in [0, 0.05) is 24.7 Å². The zero-order valence-corrected chi connectivity index (χ0v) is 12.6. The SMILES string of the molecule is CC(C)NCc1ccc(F)c(C2CCc3cccnc32)c1. The van der Waals surface area contributed by atoms with Crippen LogP contribution in [0.15, 0.2) is 36.5 Å². The molecule has 0 bridgehead atoms. The second kappa shape index (κ2) is 5.94. The lowest BCUT2D eigenvalue weighted by atomic mass is 9.94. The lowest BCUT2D eigenvalue weighted by Crippen LogP contribution is -2.22. The first-order valence-corrected chi connectivity index (χ1v) is 7.60. The van der Waals surface area contributed by atoms with Crippen LogP contribution in [0.3, 0.4) is 0 Å².